The smallest absolute Gasteiger partial charge is 0.372 e. The topological polar surface area (TPSA) is 75.4 Å². The fraction of sp³-hybridized carbons (Fsp3) is 0.222. The number of aromatic carboxylic acids is 1. The number of hydrogen-bond donors (Lipinski definition) is 2. The Hall–Kier alpha value is -2.82. The van der Waals surface area contributed by atoms with Crippen LogP contribution in [0.15, 0.2) is 47.1 Å². The summed E-state index contributed by atoms with van der Waals surface area (Å²) >= 11 is 0. The van der Waals surface area contributed by atoms with Crippen molar-refractivity contribution in [1.82, 2.24) is 4.98 Å². The van der Waals surface area contributed by atoms with Gasteiger partial charge in [-0.1, -0.05) is 0 Å². The van der Waals surface area contributed by atoms with Crippen LogP contribution in [0.1, 0.15) is 28.1 Å². The summed E-state index contributed by atoms with van der Waals surface area (Å²) in [6.45, 7) is 2.61. The average Bonchev–Trinajstić information content (AvgIpc) is 2.90. The number of carboxylic acids is 1. The van der Waals surface area contributed by atoms with Crippen LogP contribution in [0.25, 0.3) is 11.0 Å². The first-order valence-corrected chi connectivity index (χ1v) is 7.54. The Kier molecular flexibility index (Phi) is 4.28. The highest BCUT2D eigenvalue weighted by atomic mass is 16.4. The number of rotatable bonds is 6. The fourth-order valence-corrected chi connectivity index (χ4v) is 2.61. The van der Waals surface area contributed by atoms with E-state index in [1.54, 1.807) is 25.4 Å². The van der Waals surface area contributed by atoms with E-state index >= 15 is 0 Å². The highest BCUT2D eigenvalue weighted by Crippen LogP contribution is 2.27. The number of nitrogens with one attached hydrogen (secondary N) is 1. The summed E-state index contributed by atoms with van der Waals surface area (Å²) in [4.78, 5) is 15.1. The van der Waals surface area contributed by atoms with Gasteiger partial charge in [-0.2, -0.15) is 0 Å². The predicted molar refractivity (Wildman–Crippen MR) is 89.0 cm³/mol. The molecule has 2 heterocycles. The second-order valence-electron chi connectivity index (χ2n) is 5.46. The van der Waals surface area contributed by atoms with Crippen LogP contribution in [0.3, 0.4) is 0 Å². The molecule has 23 heavy (non-hydrogen) atoms. The molecule has 3 aromatic rings. The minimum Gasteiger partial charge on any atom is -0.475 e. The molecule has 0 saturated carbocycles. The van der Waals surface area contributed by atoms with Crippen molar-refractivity contribution in [1.29, 1.82) is 0 Å². The van der Waals surface area contributed by atoms with Gasteiger partial charge < -0.3 is 14.8 Å². The molecule has 5 nitrogen and oxygen atoms in total. The number of aromatic nitrogens is 1. The van der Waals surface area contributed by atoms with Crippen LogP contribution in [-0.2, 0) is 6.42 Å². The zero-order valence-corrected chi connectivity index (χ0v) is 12.9. The molecule has 0 fully saturated rings. The molecular weight excluding hydrogens is 292 g/mol. The Bertz CT molecular complexity index is 825. The van der Waals surface area contributed by atoms with Gasteiger partial charge in [0.1, 0.15) is 5.58 Å². The average molecular weight is 310 g/mol. The molecule has 3 rings (SSSR count). The third kappa shape index (κ3) is 3.34. The number of furan rings is 1. The van der Waals surface area contributed by atoms with Crippen molar-refractivity contribution in [3.05, 3.63) is 59.6 Å². The molecule has 0 aliphatic rings. The molecule has 0 spiro atoms. The molecule has 0 aliphatic heterocycles. The molecule has 118 valence electrons. The van der Waals surface area contributed by atoms with Gasteiger partial charge in [0.05, 0.1) is 0 Å². The van der Waals surface area contributed by atoms with Crippen molar-refractivity contribution in [3.8, 4) is 0 Å². The lowest BCUT2D eigenvalue weighted by molar-refractivity contribution is 0.0664. The Morgan fingerprint density at radius 1 is 1.26 bits per heavy atom. The summed E-state index contributed by atoms with van der Waals surface area (Å²) < 4.78 is 5.37. The van der Waals surface area contributed by atoms with E-state index in [0.717, 1.165) is 30.5 Å². The number of pyridine rings is 1. The molecule has 0 aliphatic carbocycles. The third-order valence-corrected chi connectivity index (χ3v) is 3.85. The van der Waals surface area contributed by atoms with Gasteiger partial charge in [0.15, 0.2) is 0 Å². The lowest BCUT2D eigenvalue weighted by Crippen LogP contribution is -2.02. The van der Waals surface area contributed by atoms with Crippen LogP contribution in [0.5, 0.6) is 0 Å². The highest BCUT2D eigenvalue weighted by molar-refractivity contribution is 5.95. The van der Waals surface area contributed by atoms with E-state index < -0.39 is 5.97 Å². The van der Waals surface area contributed by atoms with Crippen LogP contribution in [0.4, 0.5) is 5.69 Å². The van der Waals surface area contributed by atoms with E-state index in [4.69, 9.17) is 9.52 Å². The monoisotopic (exact) mass is 310 g/mol. The predicted octanol–water partition coefficient (Wildman–Crippen LogP) is 3.88. The van der Waals surface area contributed by atoms with E-state index in [1.165, 1.54) is 5.56 Å². The van der Waals surface area contributed by atoms with Gasteiger partial charge in [-0.3, -0.25) is 4.98 Å². The molecule has 2 N–H and O–H groups in total. The second-order valence-corrected chi connectivity index (χ2v) is 5.46. The second kappa shape index (κ2) is 6.52. The maximum absolute atomic E-state index is 11.1. The number of fused-ring (bicyclic) bond motifs is 1. The Labute approximate surface area is 134 Å². The lowest BCUT2D eigenvalue weighted by atomic mass is 10.1. The van der Waals surface area contributed by atoms with Crippen LogP contribution in [-0.4, -0.2) is 22.6 Å². The van der Waals surface area contributed by atoms with Crippen LogP contribution in [0.2, 0.25) is 0 Å². The van der Waals surface area contributed by atoms with Gasteiger partial charge >= 0.3 is 5.97 Å². The molecular formula is C18H18N2O3. The van der Waals surface area contributed by atoms with Crippen molar-refractivity contribution >= 4 is 22.6 Å². The Morgan fingerprint density at radius 2 is 2.04 bits per heavy atom. The van der Waals surface area contributed by atoms with Gasteiger partial charge in [0.2, 0.25) is 5.76 Å². The van der Waals surface area contributed by atoms with Crippen molar-refractivity contribution in [3.63, 3.8) is 0 Å². The molecule has 0 amide bonds. The molecule has 0 radical (unpaired) electrons. The van der Waals surface area contributed by atoms with E-state index in [0.29, 0.717) is 11.1 Å². The molecule has 0 atom stereocenters. The van der Waals surface area contributed by atoms with Crippen molar-refractivity contribution in [2.24, 2.45) is 0 Å². The number of nitrogens with zero attached hydrogens (tertiary/aromatic N) is 1. The summed E-state index contributed by atoms with van der Waals surface area (Å²) in [7, 11) is 0. The van der Waals surface area contributed by atoms with Crippen molar-refractivity contribution < 1.29 is 14.3 Å². The summed E-state index contributed by atoms with van der Waals surface area (Å²) in [5.41, 5.74) is 3.50. The molecule has 1 aromatic carbocycles. The summed E-state index contributed by atoms with van der Waals surface area (Å²) in [6, 6.07) is 9.69. The normalized spacial score (nSPS) is 10.8. The standard InChI is InChI=1S/C18H18N2O3/c1-12-15-11-14(4-5-16(15)23-17(12)18(21)22)20-8-2-3-13-6-9-19-10-7-13/h4-7,9-11,20H,2-3,8H2,1H3,(H,21,22). The summed E-state index contributed by atoms with van der Waals surface area (Å²) in [5, 5.41) is 13.3. The van der Waals surface area contributed by atoms with Crippen molar-refractivity contribution in [2.45, 2.75) is 19.8 Å². The van der Waals surface area contributed by atoms with Crippen LogP contribution in [0, 0.1) is 6.92 Å². The van der Waals surface area contributed by atoms with E-state index in [9.17, 15) is 4.79 Å². The molecule has 0 saturated heterocycles. The first-order chi connectivity index (χ1) is 11.1. The number of aryl methyl sites for hydroxylation is 2. The zero-order valence-electron chi connectivity index (χ0n) is 12.9. The minimum atomic E-state index is -1.04. The number of anilines is 1. The van der Waals surface area contributed by atoms with E-state index in [2.05, 4.69) is 10.3 Å². The molecule has 5 heteroatoms. The first kappa shape index (κ1) is 15.1. The number of hydrogen-bond acceptors (Lipinski definition) is 4. The third-order valence-electron chi connectivity index (χ3n) is 3.85. The SMILES string of the molecule is Cc1c(C(=O)O)oc2ccc(NCCCc3ccncc3)cc12. The highest BCUT2D eigenvalue weighted by Gasteiger charge is 2.16. The summed E-state index contributed by atoms with van der Waals surface area (Å²) in [5.74, 6) is -1.03. The Morgan fingerprint density at radius 3 is 2.78 bits per heavy atom. The molecule has 0 unspecified atom stereocenters. The van der Waals surface area contributed by atoms with Crippen LogP contribution >= 0.6 is 0 Å². The quantitative estimate of drug-likeness (QED) is 0.676. The maximum Gasteiger partial charge on any atom is 0.372 e. The zero-order chi connectivity index (χ0) is 16.2. The van der Waals surface area contributed by atoms with Gasteiger partial charge in [-0.05, 0) is 55.7 Å². The molecule has 2 aromatic heterocycles. The molecule has 0 bridgehead atoms. The first-order valence-electron chi connectivity index (χ1n) is 7.54. The van der Waals surface area contributed by atoms with E-state index in [1.807, 2.05) is 24.3 Å². The van der Waals surface area contributed by atoms with Gasteiger partial charge in [0, 0.05) is 35.6 Å². The van der Waals surface area contributed by atoms with Crippen molar-refractivity contribution in [2.75, 3.05) is 11.9 Å². The van der Waals surface area contributed by atoms with Gasteiger partial charge in [0.25, 0.3) is 0 Å². The Balaban J connectivity index is 1.64. The maximum atomic E-state index is 11.1. The number of carbonyl (C=O) groups is 1. The van der Waals surface area contributed by atoms with Gasteiger partial charge in [-0.15, -0.1) is 0 Å². The van der Waals surface area contributed by atoms with Gasteiger partial charge in [-0.25, -0.2) is 4.79 Å². The van der Waals surface area contributed by atoms with Crippen LogP contribution < -0.4 is 5.32 Å². The van der Waals surface area contributed by atoms with E-state index in [-0.39, 0.29) is 5.76 Å². The summed E-state index contributed by atoms with van der Waals surface area (Å²) in [6.07, 6.45) is 5.61. The fourth-order valence-electron chi connectivity index (χ4n) is 2.61. The lowest BCUT2D eigenvalue weighted by Gasteiger charge is -2.06. The number of carboxylic acid groups (broad SMARTS) is 1. The minimum absolute atomic E-state index is 0.00911. The number of benzene rings is 1. The largest absolute Gasteiger partial charge is 0.475 e.